The number of nitrogens with zero attached hydrogens (tertiary/aromatic N) is 4. The lowest BCUT2D eigenvalue weighted by atomic mass is 10.1. The number of anilines is 1. The molecule has 1 aliphatic heterocycles. The third kappa shape index (κ3) is 2.31. The van der Waals surface area contributed by atoms with Crippen molar-refractivity contribution in [3.05, 3.63) is 12.0 Å². The highest BCUT2D eigenvalue weighted by atomic mass is 16.5. The Morgan fingerprint density at radius 1 is 1.55 bits per heavy atom. The molecule has 1 fully saturated rings. The lowest BCUT2D eigenvalue weighted by Gasteiger charge is -2.14. The van der Waals surface area contributed by atoms with Crippen molar-refractivity contribution < 1.29 is 9.32 Å². The maximum Gasteiger partial charge on any atom is 0.263 e. The molecule has 0 bridgehead atoms. The number of carbonyl (C=O) groups is 1. The largest absolute Gasteiger partial charge is 0.369 e. The highest BCUT2D eigenvalue weighted by molar-refractivity contribution is 5.87. The second-order valence-corrected chi connectivity index (χ2v) is 5.17. The molecular weight excluding hydrogens is 258 g/mol. The fraction of sp³-hybridized carbons (Fsp3) is 0.538. The van der Waals surface area contributed by atoms with Crippen LogP contribution in [0.1, 0.15) is 19.0 Å². The number of rotatable bonds is 3. The lowest BCUT2D eigenvalue weighted by Crippen LogP contribution is -2.27. The van der Waals surface area contributed by atoms with E-state index in [4.69, 9.17) is 4.52 Å². The summed E-state index contributed by atoms with van der Waals surface area (Å²) in [7, 11) is 0. The van der Waals surface area contributed by atoms with E-state index >= 15 is 0 Å². The van der Waals surface area contributed by atoms with Gasteiger partial charge >= 0.3 is 0 Å². The molecule has 1 amide bonds. The lowest BCUT2D eigenvalue weighted by molar-refractivity contribution is -0.127. The minimum Gasteiger partial charge on any atom is -0.369 e. The van der Waals surface area contributed by atoms with Crippen LogP contribution in [-0.2, 0) is 4.79 Å². The maximum absolute atomic E-state index is 11.3. The van der Waals surface area contributed by atoms with Crippen molar-refractivity contribution in [2.24, 2.45) is 5.92 Å². The number of aryl methyl sites for hydroxylation is 1. The van der Waals surface area contributed by atoms with Crippen molar-refractivity contribution in [2.75, 3.05) is 25.0 Å². The van der Waals surface area contributed by atoms with Crippen molar-refractivity contribution in [3.63, 3.8) is 0 Å². The number of likely N-dealkylation sites (tertiary alicyclic amines) is 1. The molecule has 1 saturated heterocycles. The summed E-state index contributed by atoms with van der Waals surface area (Å²) in [6, 6.07) is 0. The predicted molar refractivity (Wildman–Crippen MR) is 73.2 cm³/mol. The number of aromatic nitrogens is 3. The Morgan fingerprint density at radius 2 is 2.40 bits per heavy atom. The van der Waals surface area contributed by atoms with Crippen molar-refractivity contribution in [3.8, 4) is 0 Å². The highest BCUT2D eigenvalue weighted by Crippen LogP contribution is 2.23. The molecule has 0 spiro atoms. The van der Waals surface area contributed by atoms with Gasteiger partial charge in [0.05, 0.1) is 5.69 Å². The molecule has 7 heteroatoms. The van der Waals surface area contributed by atoms with E-state index in [0.29, 0.717) is 11.6 Å². The van der Waals surface area contributed by atoms with Gasteiger partial charge in [0.2, 0.25) is 5.91 Å². The average molecular weight is 275 g/mol. The monoisotopic (exact) mass is 275 g/mol. The van der Waals surface area contributed by atoms with Gasteiger partial charge in [0.1, 0.15) is 17.5 Å². The maximum atomic E-state index is 11.3. The van der Waals surface area contributed by atoms with E-state index < -0.39 is 0 Å². The summed E-state index contributed by atoms with van der Waals surface area (Å²) < 4.78 is 5.12. The molecule has 0 saturated carbocycles. The first kappa shape index (κ1) is 12.8. The number of fused-ring (bicyclic) bond motifs is 1. The van der Waals surface area contributed by atoms with E-state index in [1.54, 1.807) is 6.92 Å². The molecule has 0 aliphatic carbocycles. The normalized spacial score (nSPS) is 18.7. The van der Waals surface area contributed by atoms with Crippen LogP contribution in [0.3, 0.4) is 0 Å². The Kier molecular flexibility index (Phi) is 3.25. The van der Waals surface area contributed by atoms with Crippen molar-refractivity contribution in [1.29, 1.82) is 0 Å². The molecule has 1 aliphatic rings. The number of hydrogen-bond acceptors (Lipinski definition) is 6. The molecule has 0 radical (unpaired) electrons. The van der Waals surface area contributed by atoms with Gasteiger partial charge in [-0.2, -0.15) is 4.98 Å². The molecule has 1 unspecified atom stereocenters. The molecule has 1 N–H and O–H groups in total. The summed E-state index contributed by atoms with van der Waals surface area (Å²) in [5.41, 5.74) is 1.27. The Bertz CT molecular complexity index is 639. The molecule has 106 valence electrons. The van der Waals surface area contributed by atoms with Crippen LogP contribution in [0.15, 0.2) is 10.9 Å². The van der Waals surface area contributed by atoms with Gasteiger partial charge in [-0.25, -0.2) is 4.98 Å². The van der Waals surface area contributed by atoms with E-state index in [2.05, 4.69) is 20.4 Å². The molecule has 3 heterocycles. The van der Waals surface area contributed by atoms with E-state index in [-0.39, 0.29) is 5.91 Å². The van der Waals surface area contributed by atoms with E-state index in [1.807, 2.05) is 11.8 Å². The van der Waals surface area contributed by atoms with Crippen molar-refractivity contribution >= 4 is 22.8 Å². The molecule has 1 atom stereocenters. The van der Waals surface area contributed by atoms with E-state index in [1.165, 1.54) is 6.33 Å². The Balaban J connectivity index is 1.69. The van der Waals surface area contributed by atoms with E-state index in [0.717, 1.165) is 43.0 Å². The average Bonchev–Trinajstić information content (AvgIpc) is 3.04. The predicted octanol–water partition coefficient (Wildman–Crippen LogP) is 1.21. The third-order valence-electron chi connectivity index (χ3n) is 3.73. The van der Waals surface area contributed by atoms with Crippen LogP contribution in [0.4, 0.5) is 5.82 Å². The van der Waals surface area contributed by atoms with Crippen LogP contribution < -0.4 is 5.32 Å². The number of amides is 1. The molecule has 7 nitrogen and oxygen atoms in total. The second kappa shape index (κ2) is 5.07. The van der Waals surface area contributed by atoms with Gasteiger partial charge in [-0.3, -0.25) is 4.79 Å². The summed E-state index contributed by atoms with van der Waals surface area (Å²) in [4.78, 5) is 21.5. The fourth-order valence-electron chi connectivity index (χ4n) is 2.58. The van der Waals surface area contributed by atoms with Gasteiger partial charge in [0, 0.05) is 26.6 Å². The minimum atomic E-state index is 0.145. The van der Waals surface area contributed by atoms with Gasteiger partial charge in [-0.05, 0) is 19.3 Å². The molecule has 20 heavy (non-hydrogen) atoms. The number of nitrogens with one attached hydrogen (secondary N) is 1. The quantitative estimate of drug-likeness (QED) is 0.906. The van der Waals surface area contributed by atoms with Gasteiger partial charge in [-0.15, -0.1) is 0 Å². The van der Waals surface area contributed by atoms with Gasteiger partial charge < -0.3 is 14.7 Å². The van der Waals surface area contributed by atoms with E-state index in [9.17, 15) is 4.79 Å². The summed E-state index contributed by atoms with van der Waals surface area (Å²) in [5.74, 6) is 1.34. The smallest absolute Gasteiger partial charge is 0.263 e. The zero-order valence-corrected chi connectivity index (χ0v) is 11.6. The summed E-state index contributed by atoms with van der Waals surface area (Å²) >= 11 is 0. The van der Waals surface area contributed by atoms with Crippen LogP contribution in [0.5, 0.6) is 0 Å². The van der Waals surface area contributed by atoms with Crippen LogP contribution in [0, 0.1) is 12.8 Å². The van der Waals surface area contributed by atoms with Crippen LogP contribution in [0.2, 0.25) is 0 Å². The van der Waals surface area contributed by atoms with Crippen molar-refractivity contribution in [2.45, 2.75) is 20.3 Å². The zero-order valence-electron chi connectivity index (χ0n) is 11.6. The molecule has 2 aromatic rings. The highest BCUT2D eigenvalue weighted by Gasteiger charge is 2.24. The summed E-state index contributed by atoms with van der Waals surface area (Å²) in [5, 5.41) is 8.06. The Hall–Kier alpha value is -2.18. The molecule has 3 rings (SSSR count). The first-order valence-electron chi connectivity index (χ1n) is 6.71. The minimum absolute atomic E-state index is 0.145. The molecule has 2 aromatic heterocycles. The number of carbonyl (C=O) groups excluding carboxylic acids is 1. The SMILES string of the molecule is CC(=O)N1CCC(CNc2ncnc3onc(C)c23)C1. The van der Waals surface area contributed by atoms with Crippen LogP contribution in [0.25, 0.3) is 11.1 Å². The summed E-state index contributed by atoms with van der Waals surface area (Å²) in [6.07, 6.45) is 2.48. The standard InChI is InChI=1S/C13H17N5O2/c1-8-11-12(15-7-16-13(11)20-17-8)14-5-10-3-4-18(6-10)9(2)19/h7,10H,3-6H2,1-2H3,(H,14,15,16). The molecule has 0 aromatic carbocycles. The van der Waals surface area contributed by atoms with Crippen LogP contribution in [-0.4, -0.2) is 45.6 Å². The van der Waals surface area contributed by atoms with Gasteiger partial charge in [0.25, 0.3) is 5.71 Å². The topological polar surface area (TPSA) is 84.2 Å². The van der Waals surface area contributed by atoms with Gasteiger partial charge in [0.15, 0.2) is 0 Å². The Labute approximate surface area is 116 Å². The third-order valence-corrected chi connectivity index (χ3v) is 3.73. The Morgan fingerprint density at radius 3 is 3.15 bits per heavy atom. The first-order valence-corrected chi connectivity index (χ1v) is 6.71. The molecular formula is C13H17N5O2. The first-order chi connectivity index (χ1) is 9.65. The fourth-order valence-corrected chi connectivity index (χ4v) is 2.58. The van der Waals surface area contributed by atoms with Gasteiger partial charge in [-0.1, -0.05) is 5.16 Å². The zero-order chi connectivity index (χ0) is 14.1. The van der Waals surface area contributed by atoms with Crippen LogP contribution >= 0.6 is 0 Å². The number of hydrogen-bond donors (Lipinski definition) is 1. The second-order valence-electron chi connectivity index (χ2n) is 5.17. The van der Waals surface area contributed by atoms with Crippen molar-refractivity contribution in [1.82, 2.24) is 20.0 Å². The summed E-state index contributed by atoms with van der Waals surface area (Å²) in [6.45, 7) is 5.91.